The lowest BCUT2D eigenvalue weighted by Crippen LogP contribution is -2.36. The van der Waals surface area contributed by atoms with Crippen LogP contribution in [0, 0.1) is 12.8 Å². The first kappa shape index (κ1) is 13.5. The fourth-order valence-electron chi connectivity index (χ4n) is 3.23. The maximum Gasteiger partial charge on any atom is 0.259 e. The van der Waals surface area contributed by atoms with Crippen LogP contribution in [0.3, 0.4) is 0 Å². The Balaban J connectivity index is 1.64. The molecule has 4 rings (SSSR count). The number of rotatable bonds is 5. The van der Waals surface area contributed by atoms with Crippen LogP contribution < -0.4 is 5.56 Å². The van der Waals surface area contributed by atoms with Crippen LogP contribution in [0.1, 0.15) is 44.0 Å². The van der Waals surface area contributed by atoms with E-state index in [4.69, 9.17) is 4.98 Å². The normalized spacial score (nSPS) is 20.3. The van der Waals surface area contributed by atoms with E-state index in [2.05, 4.69) is 11.8 Å². The van der Waals surface area contributed by atoms with Crippen LogP contribution in [-0.4, -0.2) is 26.4 Å². The van der Waals surface area contributed by atoms with Crippen LogP contribution in [0.15, 0.2) is 16.2 Å². The van der Waals surface area contributed by atoms with Crippen molar-refractivity contribution in [3.05, 3.63) is 33.2 Å². The molecule has 2 heterocycles. The fourth-order valence-corrected chi connectivity index (χ4v) is 4.12. The van der Waals surface area contributed by atoms with Crippen LogP contribution in [0.25, 0.3) is 4.96 Å². The van der Waals surface area contributed by atoms with Crippen molar-refractivity contribution < 1.29 is 0 Å². The van der Waals surface area contributed by atoms with Gasteiger partial charge in [0.2, 0.25) is 0 Å². The number of fused-ring (bicyclic) bond motifs is 1. The summed E-state index contributed by atoms with van der Waals surface area (Å²) in [4.78, 5) is 20.4. The van der Waals surface area contributed by atoms with Gasteiger partial charge in [-0.05, 0) is 45.4 Å². The minimum Gasteiger partial charge on any atom is -0.292 e. The van der Waals surface area contributed by atoms with E-state index < -0.39 is 0 Å². The van der Waals surface area contributed by atoms with Crippen LogP contribution in [-0.2, 0) is 6.54 Å². The molecule has 0 amide bonds. The molecule has 21 heavy (non-hydrogen) atoms. The second-order valence-corrected chi connectivity index (χ2v) is 7.40. The molecule has 2 fully saturated rings. The van der Waals surface area contributed by atoms with E-state index in [1.54, 1.807) is 21.8 Å². The average molecular weight is 303 g/mol. The summed E-state index contributed by atoms with van der Waals surface area (Å²) in [5.41, 5.74) is 1.97. The zero-order valence-electron chi connectivity index (χ0n) is 12.6. The molecular formula is C16H21N3OS. The van der Waals surface area contributed by atoms with Crippen LogP contribution >= 0.6 is 11.3 Å². The quantitative estimate of drug-likeness (QED) is 0.852. The molecule has 0 aromatic carbocycles. The zero-order valence-corrected chi connectivity index (χ0v) is 13.4. The highest BCUT2D eigenvalue weighted by atomic mass is 32.1. The van der Waals surface area contributed by atoms with Gasteiger partial charge < -0.3 is 0 Å². The molecule has 2 aromatic heterocycles. The number of aromatic nitrogens is 2. The van der Waals surface area contributed by atoms with Gasteiger partial charge in [-0.25, -0.2) is 4.98 Å². The molecule has 0 aliphatic heterocycles. The van der Waals surface area contributed by atoms with Gasteiger partial charge in [-0.3, -0.25) is 14.1 Å². The zero-order chi connectivity index (χ0) is 14.6. The molecule has 2 saturated carbocycles. The highest BCUT2D eigenvalue weighted by molar-refractivity contribution is 7.15. The fraction of sp³-hybridized carbons (Fsp3) is 0.625. The van der Waals surface area contributed by atoms with Gasteiger partial charge in [0, 0.05) is 35.8 Å². The van der Waals surface area contributed by atoms with Crippen molar-refractivity contribution in [2.75, 3.05) is 0 Å². The third kappa shape index (κ3) is 2.53. The third-order valence-corrected chi connectivity index (χ3v) is 5.76. The summed E-state index contributed by atoms with van der Waals surface area (Å²) >= 11 is 1.55. The molecule has 0 spiro atoms. The van der Waals surface area contributed by atoms with E-state index in [1.165, 1.54) is 25.7 Å². The Labute approximate surface area is 128 Å². The minimum absolute atomic E-state index is 0.0589. The summed E-state index contributed by atoms with van der Waals surface area (Å²) in [6.07, 6.45) is 5.33. The Kier molecular flexibility index (Phi) is 3.15. The molecular weight excluding hydrogens is 282 g/mol. The van der Waals surface area contributed by atoms with Crippen molar-refractivity contribution in [3.8, 4) is 0 Å². The minimum atomic E-state index is 0.0589. The summed E-state index contributed by atoms with van der Waals surface area (Å²) in [6.45, 7) is 5.12. The first-order valence-electron chi connectivity index (χ1n) is 7.86. The molecule has 1 atom stereocenters. The van der Waals surface area contributed by atoms with E-state index >= 15 is 0 Å². The summed E-state index contributed by atoms with van der Waals surface area (Å²) in [5, 5.41) is 2.00. The van der Waals surface area contributed by atoms with Gasteiger partial charge in [-0.2, -0.15) is 0 Å². The Morgan fingerprint density at radius 2 is 2.19 bits per heavy atom. The van der Waals surface area contributed by atoms with Crippen molar-refractivity contribution in [3.63, 3.8) is 0 Å². The summed E-state index contributed by atoms with van der Waals surface area (Å²) in [5.74, 6) is 0.861. The SMILES string of the molecule is Cc1csc2nc(CN(C3CC3)C(C)C3CC3)cc(=O)n12. The van der Waals surface area contributed by atoms with Crippen LogP contribution in [0.4, 0.5) is 0 Å². The predicted molar refractivity (Wildman–Crippen MR) is 84.8 cm³/mol. The maximum atomic E-state index is 12.3. The molecule has 0 saturated heterocycles. The first-order valence-corrected chi connectivity index (χ1v) is 8.74. The average Bonchev–Trinajstić information content (AvgIpc) is 3.34. The van der Waals surface area contributed by atoms with E-state index in [1.807, 2.05) is 12.3 Å². The van der Waals surface area contributed by atoms with Gasteiger partial charge >= 0.3 is 0 Å². The molecule has 2 aromatic rings. The number of aryl methyl sites for hydroxylation is 1. The second-order valence-electron chi connectivity index (χ2n) is 6.56. The number of hydrogen-bond donors (Lipinski definition) is 0. The number of nitrogens with zero attached hydrogens (tertiary/aromatic N) is 3. The number of hydrogen-bond acceptors (Lipinski definition) is 4. The van der Waals surface area contributed by atoms with Crippen molar-refractivity contribution >= 4 is 16.3 Å². The molecule has 1 unspecified atom stereocenters. The van der Waals surface area contributed by atoms with Gasteiger partial charge in [0.05, 0.1) is 5.69 Å². The molecule has 4 nitrogen and oxygen atoms in total. The smallest absolute Gasteiger partial charge is 0.259 e. The molecule has 112 valence electrons. The number of thiazole rings is 1. The standard InChI is InChI=1S/C16H21N3OS/c1-10-9-21-16-17-13(7-15(20)19(10)16)8-18(14-5-6-14)11(2)12-3-4-12/h7,9,11-12,14H,3-6,8H2,1-2H3. The summed E-state index contributed by atoms with van der Waals surface area (Å²) in [6, 6.07) is 3.07. The van der Waals surface area contributed by atoms with Gasteiger partial charge in [0.25, 0.3) is 5.56 Å². The van der Waals surface area contributed by atoms with Crippen molar-refractivity contribution in [2.24, 2.45) is 5.92 Å². The molecule has 0 bridgehead atoms. The second kappa shape index (κ2) is 4.92. The molecule has 5 heteroatoms. The van der Waals surface area contributed by atoms with Gasteiger partial charge in [-0.15, -0.1) is 11.3 Å². The lowest BCUT2D eigenvalue weighted by molar-refractivity contribution is 0.168. The third-order valence-electron chi connectivity index (χ3n) is 4.82. The van der Waals surface area contributed by atoms with Crippen LogP contribution in [0.2, 0.25) is 0 Å². The van der Waals surface area contributed by atoms with E-state index in [9.17, 15) is 4.79 Å². The predicted octanol–water partition coefficient (Wildman–Crippen LogP) is 2.83. The Morgan fingerprint density at radius 1 is 1.43 bits per heavy atom. The molecule has 2 aliphatic carbocycles. The highest BCUT2D eigenvalue weighted by Crippen LogP contribution is 2.40. The molecule has 0 radical (unpaired) electrons. The van der Waals surface area contributed by atoms with Crippen molar-refractivity contribution in [2.45, 2.75) is 58.2 Å². The summed E-state index contributed by atoms with van der Waals surface area (Å²) in [7, 11) is 0. The highest BCUT2D eigenvalue weighted by Gasteiger charge is 2.39. The monoisotopic (exact) mass is 303 g/mol. The molecule has 2 aliphatic rings. The van der Waals surface area contributed by atoms with E-state index in [0.717, 1.165) is 28.8 Å². The van der Waals surface area contributed by atoms with Crippen molar-refractivity contribution in [1.29, 1.82) is 0 Å². The largest absolute Gasteiger partial charge is 0.292 e. The van der Waals surface area contributed by atoms with E-state index in [0.29, 0.717) is 12.1 Å². The van der Waals surface area contributed by atoms with Crippen molar-refractivity contribution in [1.82, 2.24) is 14.3 Å². The Hall–Kier alpha value is -1.20. The van der Waals surface area contributed by atoms with Gasteiger partial charge in [0.1, 0.15) is 0 Å². The topological polar surface area (TPSA) is 37.6 Å². The Morgan fingerprint density at radius 3 is 2.86 bits per heavy atom. The Bertz CT molecular complexity index is 727. The summed E-state index contributed by atoms with van der Waals surface area (Å²) < 4.78 is 1.71. The lowest BCUT2D eigenvalue weighted by atomic mass is 10.1. The lowest BCUT2D eigenvalue weighted by Gasteiger charge is -2.28. The van der Waals surface area contributed by atoms with Gasteiger partial charge in [0.15, 0.2) is 4.96 Å². The van der Waals surface area contributed by atoms with Gasteiger partial charge in [-0.1, -0.05) is 0 Å². The molecule has 0 N–H and O–H groups in total. The van der Waals surface area contributed by atoms with E-state index in [-0.39, 0.29) is 5.56 Å². The first-order chi connectivity index (χ1) is 10.1. The van der Waals surface area contributed by atoms with Crippen LogP contribution in [0.5, 0.6) is 0 Å². The maximum absolute atomic E-state index is 12.3.